The Kier molecular flexibility index (Phi) is 5.22. The summed E-state index contributed by atoms with van der Waals surface area (Å²) in [7, 11) is 1.51. The van der Waals surface area contributed by atoms with Crippen LogP contribution >= 0.6 is 0 Å². The monoisotopic (exact) mass is 296 g/mol. The van der Waals surface area contributed by atoms with E-state index in [-0.39, 0.29) is 11.8 Å². The number of hydrogen-bond donors (Lipinski definition) is 3. The molecule has 0 radical (unpaired) electrons. The maximum Gasteiger partial charge on any atom is 0.161 e. The Balaban J connectivity index is 2.10. The molecular formula is C18H20N2O2. The maximum absolute atomic E-state index is 9.56. The molecule has 0 spiro atoms. The highest BCUT2D eigenvalue weighted by atomic mass is 16.5. The average molecular weight is 296 g/mol. The van der Waals surface area contributed by atoms with Crippen molar-refractivity contribution in [3.8, 4) is 11.5 Å². The van der Waals surface area contributed by atoms with Crippen LogP contribution in [0.4, 0.5) is 0 Å². The van der Waals surface area contributed by atoms with Crippen LogP contribution in [0.2, 0.25) is 0 Å². The molecule has 0 bridgehead atoms. The van der Waals surface area contributed by atoms with Gasteiger partial charge in [-0.05, 0) is 29.3 Å². The van der Waals surface area contributed by atoms with Crippen LogP contribution in [0.3, 0.4) is 0 Å². The molecular weight excluding hydrogens is 276 g/mol. The van der Waals surface area contributed by atoms with Crippen LogP contribution in [-0.4, -0.2) is 18.3 Å². The molecule has 4 nitrogen and oxygen atoms in total. The van der Waals surface area contributed by atoms with Gasteiger partial charge in [-0.3, -0.25) is 0 Å². The van der Waals surface area contributed by atoms with Gasteiger partial charge in [0.1, 0.15) is 0 Å². The third-order valence-corrected chi connectivity index (χ3v) is 3.19. The van der Waals surface area contributed by atoms with E-state index in [0.29, 0.717) is 11.4 Å². The van der Waals surface area contributed by atoms with Crippen molar-refractivity contribution in [1.82, 2.24) is 0 Å². The van der Waals surface area contributed by atoms with Crippen molar-refractivity contribution in [3.05, 3.63) is 71.8 Å². The predicted molar refractivity (Wildman–Crippen MR) is 90.3 cm³/mol. The minimum atomic E-state index is -0.306. The van der Waals surface area contributed by atoms with Gasteiger partial charge in [-0.15, -0.1) is 0 Å². The van der Waals surface area contributed by atoms with Crippen molar-refractivity contribution in [1.29, 1.82) is 0 Å². The fourth-order valence-electron chi connectivity index (χ4n) is 2.01. The molecule has 4 heteroatoms. The minimum absolute atomic E-state index is 0.108. The highest BCUT2D eigenvalue weighted by Crippen LogP contribution is 2.26. The van der Waals surface area contributed by atoms with E-state index >= 15 is 0 Å². The Morgan fingerprint density at radius 2 is 1.91 bits per heavy atom. The molecule has 114 valence electrons. The molecule has 0 aliphatic rings. The van der Waals surface area contributed by atoms with E-state index in [2.05, 4.69) is 0 Å². The Morgan fingerprint density at radius 1 is 1.18 bits per heavy atom. The summed E-state index contributed by atoms with van der Waals surface area (Å²) in [6.45, 7) is 0. The van der Waals surface area contributed by atoms with Gasteiger partial charge in [0.15, 0.2) is 11.5 Å². The molecule has 5 N–H and O–H groups in total. The van der Waals surface area contributed by atoms with Gasteiger partial charge >= 0.3 is 0 Å². The fraction of sp³-hybridized carbons (Fsp3) is 0.111. The van der Waals surface area contributed by atoms with Crippen LogP contribution in [0.1, 0.15) is 11.1 Å². The molecule has 0 aromatic heterocycles. The lowest BCUT2D eigenvalue weighted by molar-refractivity contribution is 0.373. The molecule has 0 saturated carbocycles. The van der Waals surface area contributed by atoms with Crippen LogP contribution in [0.5, 0.6) is 11.5 Å². The SMILES string of the molecule is COc1cc(/C=C/C(N)/C=C(\N)c2ccccc2)ccc1O. The van der Waals surface area contributed by atoms with E-state index in [1.165, 1.54) is 7.11 Å². The highest BCUT2D eigenvalue weighted by molar-refractivity contribution is 5.64. The van der Waals surface area contributed by atoms with Crippen molar-refractivity contribution in [3.63, 3.8) is 0 Å². The summed E-state index contributed by atoms with van der Waals surface area (Å²) in [4.78, 5) is 0. The minimum Gasteiger partial charge on any atom is -0.504 e. The molecule has 0 aliphatic carbocycles. The molecule has 1 atom stereocenters. The maximum atomic E-state index is 9.56. The van der Waals surface area contributed by atoms with Crippen LogP contribution in [0.15, 0.2) is 60.7 Å². The van der Waals surface area contributed by atoms with Crippen LogP contribution in [0, 0.1) is 0 Å². The normalized spacial score (nSPS) is 13.3. The second-order valence-corrected chi connectivity index (χ2v) is 4.86. The molecule has 0 amide bonds. The Hall–Kier alpha value is -2.72. The number of ether oxygens (including phenoxy) is 1. The van der Waals surface area contributed by atoms with E-state index in [4.69, 9.17) is 16.2 Å². The lowest BCUT2D eigenvalue weighted by atomic mass is 10.1. The zero-order valence-electron chi connectivity index (χ0n) is 12.4. The fourth-order valence-corrected chi connectivity index (χ4v) is 2.01. The summed E-state index contributed by atoms with van der Waals surface area (Å²) in [5.41, 5.74) is 14.5. The highest BCUT2D eigenvalue weighted by Gasteiger charge is 2.01. The van der Waals surface area contributed by atoms with Crippen molar-refractivity contribution < 1.29 is 9.84 Å². The van der Waals surface area contributed by atoms with Gasteiger partial charge in [-0.2, -0.15) is 0 Å². The van der Waals surface area contributed by atoms with Gasteiger partial charge in [0.05, 0.1) is 7.11 Å². The second kappa shape index (κ2) is 7.33. The summed E-state index contributed by atoms with van der Waals surface area (Å²) in [5, 5.41) is 9.56. The molecule has 2 aromatic rings. The number of hydrogen-bond acceptors (Lipinski definition) is 4. The predicted octanol–water partition coefficient (Wildman–Crippen LogP) is 2.74. The third-order valence-electron chi connectivity index (χ3n) is 3.19. The zero-order chi connectivity index (χ0) is 15.9. The molecule has 0 saturated heterocycles. The van der Waals surface area contributed by atoms with E-state index in [9.17, 15) is 5.11 Å². The van der Waals surface area contributed by atoms with Crippen molar-refractivity contribution >= 4 is 11.8 Å². The van der Waals surface area contributed by atoms with Gasteiger partial charge in [0.25, 0.3) is 0 Å². The lowest BCUT2D eigenvalue weighted by Gasteiger charge is -2.06. The van der Waals surface area contributed by atoms with Gasteiger partial charge in [0, 0.05) is 11.7 Å². The van der Waals surface area contributed by atoms with E-state index in [1.807, 2.05) is 42.5 Å². The molecule has 22 heavy (non-hydrogen) atoms. The number of benzene rings is 2. The molecule has 0 heterocycles. The van der Waals surface area contributed by atoms with Gasteiger partial charge < -0.3 is 21.3 Å². The summed E-state index contributed by atoms with van der Waals surface area (Å²) in [5.74, 6) is 0.534. The quantitative estimate of drug-likeness (QED) is 0.792. The number of aromatic hydroxyl groups is 1. The van der Waals surface area contributed by atoms with Gasteiger partial charge in [0.2, 0.25) is 0 Å². The Bertz CT molecular complexity index is 679. The number of methoxy groups -OCH3 is 1. The Labute approximate surface area is 130 Å². The number of phenolic OH excluding ortho intramolecular Hbond substituents is 1. The summed E-state index contributed by atoms with van der Waals surface area (Å²) >= 11 is 0. The van der Waals surface area contributed by atoms with Crippen LogP contribution in [0.25, 0.3) is 11.8 Å². The average Bonchev–Trinajstić information content (AvgIpc) is 2.55. The zero-order valence-corrected chi connectivity index (χ0v) is 12.4. The van der Waals surface area contributed by atoms with Gasteiger partial charge in [-0.1, -0.05) is 48.6 Å². The first kappa shape index (κ1) is 15.7. The van der Waals surface area contributed by atoms with Crippen LogP contribution < -0.4 is 16.2 Å². The Morgan fingerprint density at radius 3 is 2.59 bits per heavy atom. The first-order valence-electron chi connectivity index (χ1n) is 6.93. The first-order chi connectivity index (χ1) is 10.6. The standard InChI is InChI=1S/C18H20N2O2/c1-22-18-11-13(8-10-17(18)21)7-9-15(19)12-16(20)14-5-3-2-4-6-14/h2-12,15,21H,19-20H2,1H3/b9-7+,16-12-. The third kappa shape index (κ3) is 4.14. The van der Waals surface area contributed by atoms with Gasteiger partial charge in [-0.25, -0.2) is 0 Å². The molecule has 2 rings (SSSR count). The van der Waals surface area contributed by atoms with Crippen molar-refractivity contribution in [2.45, 2.75) is 6.04 Å². The molecule has 0 fully saturated rings. The largest absolute Gasteiger partial charge is 0.504 e. The first-order valence-corrected chi connectivity index (χ1v) is 6.93. The van der Waals surface area contributed by atoms with E-state index < -0.39 is 0 Å². The second-order valence-electron chi connectivity index (χ2n) is 4.86. The van der Waals surface area contributed by atoms with E-state index in [1.54, 1.807) is 24.3 Å². The van der Waals surface area contributed by atoms with E-state index in [0.717, 1.165) is 11.1 Å². The summed E-state index contributed by atoms with van der Waals surface area (Å²) in [6, 6.07) is 14.5. The summed E-state index contributed by atoms with van der Waals surface area (Å²) in [6.07, 6.45) is 5.49. The number of phenols is 1. The lowest BCUT2D eigenvalue weighted by Crippen LogP contribution is -2.15. The topological polar surface area (TPSA) is 81.5 Å². The van der Waals surface area contributed by atoms with Crippen molar-refractivity contribution in [2.24, 2.45) is 11.5 Å². The molecule has 2 aromatic carbocycles. The molecule has 0 aliphatic heterocycles. The smallest absolute Gasteiger partial charge is 0.161 e. The number of nitrogens with two attached hydrogens (primary N) is 2. The summed E-state index contributed by atoms with van der Waals surface area (Å²) < 4.78 is 5.07. The molecule has 1 unspecified atom stereocenters. The van der Waals surface area contributed by atoms with Crippen LogP contribution in [-0.2, 0) is 0 Å². The number of rotatable bonds is 5. The van der Waals surface area contributed by atoms with Crippen molar-refractivity contribution in [2.75, 3.05) is 7.11 Å².